The molecule has 0 aliphatic carbocycles. The summed E-state index contributed by atoms with van der Waals surface area (Å²) in [6, 6.07) is 4.91. The summed E-state index contributed by atoms with van der Waals surface area (Å²) in [5, 5.41) is 5.88. The Hall–Kier alpha value is -2.90. The van der Waals surface area contributed by atoms with E-state index >= 15 is 0 Å². The van der Waals surface area contributed by atoms with E-state index < -0.39 is 28.8 Å². The molecule has 0 amide bonds. The van der Waals surface area contributed by atoms with Gasteiger partial charge in [0, 0.05) is 31.6 Å². The van der Waals surface area contributed by atoms with Crippen LogP contribution in [0.15, 0.2) is 34.4 Å². The van der Waals surface area contributed by atoms with E-state index in [9.17, 15) is 17.6 Å². The number of rotatable bonds is 4. The molecule has 2 N–H and O–H groups in total. The second kappa shape index (κ2) is 7.85. The van der Waals surface area contributed by atoms with Crippen molar-refractivity contribution in [2.75, 3.05) is 14.1 Å². The molecule has 0 bridgehead atoms. The topological polar surface area (TPSA) is 54.0 Å². The third-order valence-corrected chi connectivity index (χ3v) is 5.32. The van der Waals surface area contributed by atoms with Crippen LogP contribution in [0.3, 0.4) is 0 Å². The predicted octanol–water partition coefficient (Wildman–Crippen LogP) is 3.78. The molecule has 0 aromatic heterocycles. The third kappa shape index (κ3) is 3.71. The predicted molar refractivity (Wildman–Crippen MR) is 105 cm³/mol. The fraction of sp³-hybridized carbons (Fsp3) is 0.333. The minimum atomic E-state index is -1.26. The summed E-state index contributed by atoms with van der Waals surface area (Å²) in [6.45, 7) is 3.25. The van der Waals surface area contributed by atoms with E-state index in [1.54, 1.807) is 25.2 Å². The van der Waals surface area contributed by atoms with Crippen LogP contribution in [-0.4, -0.2) is 36.7 Å². The normalized spacial score (nSPS) is 19.7. The zero-order valence-corrected chi connectivity index (χ0v) is 16.6. The van der Waals surface area contributed by atoms with Gasteiger partial charge < -0.3 is 5.73 Å². The van der Waals surface area contributed by atoms with Gasteiger partial charge in [-0.3, -0.25) is 10.0 Å². The van der Waals surface area contributed by atoms with Gasteiger partial charge in [0.2, 0.25) is 0 Å². The maximum absolute atomic E-state index is 14.9. The van der Waals surface area contributed by atoms with Crippen LogP contribution in [0.25, 0.3) is 0 Å². The summed E-state index contributed by atoms with van der Waals surface area (Å²) in [4.78, 5) is 4.22. The smallest absolute Gasteiger partial charge is 0.165 e. The molecule has 1 heterocycles. The highest BCUT2D eigenvalue weighted by Crippen LogP contribution is 2.27. The molecule has 8 heteroatoms. The first-order chi connectivity index (χ1) is 13.6. The lowest BCUT2D eigenvalue weighted by atomic mass is 9.89. The second-order valence-corrected chi connectivity index (χ2v) is 7.20. The molecule has 0 saturated carbocycles. The van der Waals surface area contributed by atoms with Gasteiger partial charge in [0.05, 0.1) is 17.7 Å². The largest absolute Gasteiger partial charge is 0.385 e. The summed E-state index contributed by atoms with van der Waals surface area (Å²) in [5.74, 6) is -3.89. The van der Waals surface area contributed by atoms with Crippen molar-refractivity contribution in [3.63, 3.8) is 0 Å². The number of aliphatic imine (C=N–C) groups is 1. The fourth-order valence-electron chi connectivity index (χ4n) is 3.62. The van der Waals surface area contributed by atoms with Crippen molar-refractivity contribution in [1.82, 2.24) is 5.01 Å². The van der Waals surface area contributed by atoms with Crippen molar-refractivity contribution in [1.29, 1.82) is 0 Å². The molecule has 2 aromatic carbocycles. The molecular formula is C21H22F4N4. The zero-order valence-electron chi connectivity index (χ0n) is 16.6. The SMILES string of the molecule is C/N=C(/c1ccc(Cc2c(F)c(C)cc(F)c2F)cc1F)C1C(N)=NN(C)C1C. The highest BCUT2D eigenvalue weighted by atomic mass is 19.2. The van der Waals surface area contributed by atoms with Gasteiger partial charge in [-0.1, -0.05) is 6.07 Å². The first kappa shape index (κ1) is 20.8. The molecule has 2 aromatic rings. The Balaban J connectivity index is 1.95. The Morgan fingerprint density at radius 2 is 1.83 bits per heavy atom. The van der Waals surface area contributed by atoms with Crippen LogP contribution in [0.1, 0.15) is 29.2 Å². The van der Waals surface area contributed by atoms with Gasteiger partial charge in [-0.25, -0.2) is 17.6 Å². The number of amidine groups is 1. The van der Waals surface area contributed by atoms with Crippen molar-refractivity contribution in [3.8, 4) is 0 Å². The Bertz CT molecular complexity index is 990. The van der Waals surface area contributed by atoms with Crippen LogP contribution in [0.4, 0.5) is 17.6 Å². The molecule has 154 valence electrons. The van der Waals surface area contributed by atoms with Gasteiger partial charge in [-0.2, -0.15) is 5.10 Å². The molecule has 1 aliphatic rings. The zero-order chi connectivity index (χ0) is 21.5. The highest BCUT2D eigenvalue weighted by Gasteiger charge is 2.36. The van der Waals surface area contributed by atoms with E-state index in [0.29, 0.717) is 17.1 Å². The van der Waals surface area contributed by atoms with Gasteiger partial charge >= 0.3 is 0 Å². The number of halogens is 4. The molecule has 0 fully saturated rings. The van der Waals surface area contributed by atoms with E-state index in [4.69, 9.17) is 5.73 Å². The number of hydrazone groups is 1. The second-order valence-electron chi connectivity index (χ2n) is 7.20. The average Bonchev–Trinajstić information content (AvgIpc) is 2.92. The van der Waals surface area contributed by atoms with Gasteiger partial charge in [0.25, 0.3) is 0 Å². The molecule has 0 saturated heterocycles. The first-order valence-electron chi connectivity index (χ1n) is 9.10. The van der Waals surface area contributed by atoms with Gasteiger partial charge in [-0.15, -0.1) is 0 Å². The van der Waals surface area contributed by atoms with Crippen molar-refractivity contribution >= 4 is 11.5 Å². The van der Waals surface area contributed by atoms with Gasteiger partial charge in [0.1, 0.15) is 17.5 Å². The quantitative estimate of drug-likeness (QED) is 0.477. The lowest BCUT2D eigenvalue weighted by Gasteiger charge is -2.22. The van der Waals surface area contributed by atoms with Crippen LogP contribution in [0, 0.1) is 36.1 Å². The van der Waals surface area contributed by atoms with E-state index in [0.717, 1.165) is 6.07 Å². The minimum Gasteiger partial charge on any atom is -0.385 e. The van der Waals surface area contributed by atoms with Crippen molar-refractivity contribution < 1.29 is 17.6 Å². The van der Waals surface area contributed by atoms with E-state index in [1.807, 2.05) is 6.92 Å². The van der Waals surface area contributed by atoms with Crippen molar-refractivity contribution in [2.24, 2.45) is 21.7 Å². The van der Waals surface area contributed by atoms with E-state index in [2.05, 4.69) is 10.1 Å². The Morgan fingerprint density at radius 3 is 2.38 bits per heavy atom. The van der Waals surface area contributed by atoms with Crippen LogP contribution in [0.2, 0.25) is 0 Å². The first-order valence-corrected chi connectivity index (χ1v) is 9.10. The maximum atomic E-state index is 14.9. The molecule has 3 rings (SSSR count). The van der Waals surface area contributed by atoms with Crippen LogP contribution < -0.4 is 5.73 Å². The Kier molecular flexibility index (Phi) is 5.64. The number of hydrogen-bond acceptors (Lipinski definition) is 4. The average molecular weight is 406 g/mol. The number of nitrogens with two attached hydrogens (primary N) is 1. The summed E-state index contributed by atoms with van der Waals surface area (Å²) in [6.07, 6.45) is -0.280. The van der Waals surface area contributed by atoms with E-state index in [-0.39, 0.29) is 29.5 Å². The highest BCUT2D eigenvalue weighted by molar-refractivity contribution is 6.15. The van der Waals surface area contributed by atoms with Crippen molar-refractivity contribution in [2.45, 2.75) is 26.3 Å². The lowest BCUT2D eigenvalue weighted by Crippen LogP contribution is -2.37. The number of benzene rings is 2. The van der Waals surface area contributed by atoms with E-state index in [1.165, 1.54) is 19.1 Å². The Labute approximate surface area is 166 Å². The summed E-state index contributed by atoms with van der Waals surface area (Å²) in [7, 11) is 3.32. The summed E-state index contributed by atoms with van der Waals surface area (Å²) >= 11 is 0. The number of hydrogen-bond donors (Lipinski definition) is 1. The Morgan fingerprint density at radius 1 is 1.14 bits per heavy atom. The standard InChI is InChI=1S/C21H22F4N4/c1-10-7-16(23)19(25)14(18(10)24)8-12-5-6-13(15(22)9-12)20(27-3)17-11(2)29(4)28-21(17)26/h5-7,9,11,17H,8H2,1-4H3,(H2,26,28)/b27-20-. The number of aryl methyl sites for hydroxylation is 1. The monoisotopic (exact) mass is 406 g/mol. The fourth-order valence-corrected chi connectivity index (χ4v) is 3.62. The van der Waals surface area contributed by atoms with Crippen LogP contribution in [-0.2, 0) is 6.42 Å². The summed E-state index contributed by atoms with van der Waals surface area (Å²) in [5.41, 5.74) is 6.54. The van der Waals surface area contributed by atoms with Crippen LogP contribution in [0.5, 0.6) is 0 Å². The maximum Gasteiger partial charge on any atom is 0.165 e. The molecule has 29 heavy (non-hydrogen) atoms. The molecule has 2 unspecified atom stereocenters. The molecule has 1 aliphatic heterocycles. The van der Waals surface area contributed by atoms with Gasteiger partial charge in [0.15, 0.2) is 11.6 Å². The third-order valence-electron chi connectivity index (χ3n) is 5.32. The lowest BCUT2D eigenvalue weighted by molar-refractivity contribution is 0.287. The number of nitrogens with zero attached hydrogens (tertiary/aromatic N) is 3. The minimum absolute atomic E-state index is 0.00880. The van der Waals surface area contributed by atoms with Gasteiger partial charge in [-0.05, 0) is 43.2 Å². The molecule has 0 spiro atoms. The molecule has 2 atom stereocenters. The summed E-state index contributed by atoms with van der Waals surface area (Å²) < 4.78 is 56.9. The van der Waals surface area contributed by atoms with Crippen LogP contribution >= 0.6 is 0 Å². The molecular weight excluding hydrogens is 384 g/mol. The molecule has 0 radical (unpaired) electrons. The molecule has 4 nitrogen and oxygen atoms in total. The van der Waals surface area contributed by atoms with Crippen molar-refractivity contribution in [3.05, 3.63) is 69.8 Å².